The van der Waals surface area contributed by atoms with Crippen LogP contribution in [0.5, 0.6) is 11.5 Å². The number of rotatable bonds is 7. The van der Waals surface area contributed by atoms with Crippen molar-refractivity contribution < 1.29 is 23.9 Å². The summed E-state index contributed by atoms with van der Waals surface area (Å²) in [7, 11) is 3.07. The van der Waals surface area contributed by atoms with Crippen LogP contribution in [0.25, 0.3) is 0 Å². The highest BCUT2D eigenvalue weighted by molar-refractivity contribution is 6.06. The molecular weight excluding hydrogens is 340 g/mol. The zero-order valence-electron chi connectivity index (χ0n) is 15.2. The lowest BCUT2D eigenvalue weighted by Crippen LogP contribution is -2.40. The van der Waals surface area contributed by atoms with Gasteiger partial charge in [0.15, 0.2) is 11.5 Å². The molecule has 140 valence electrons. The van der Waals surface area contributed by atoms with Crippen LogP contribution in [0.4, 0.5) is 4.79 Å². The molecule has 1 aliphatic heterocycles. The molecular formula is C17H22N4O5. The second-order valence-electron chi connectivity index (χ2n) is 6.17. The number of carbonyl (C=O) groups is 3. The lowest BCUT2D eigenvalue weighted by Gasteiger charge is -2.15. The van der Waals surface area contributed by atoms with Gasteiger partial charge in [-0.05, 0) is 37.6 Å². The maximum Gasteiger partial charge on any atom is 0.325 e. The number of hydrogen-bond donors (Lipinski definition) is 2. The SMILES string of the molecule is COc1ccc(/C=N\NC(=O)CCN2C(=O)NC(C)(C)C2=O)cc1OC. The van der Waals surface area contributed by atoms with Crippen molar-refractivity contribution in [2.45, 2.75) is 25.8 Å². The van der Waals surface area contributed by atoms with Crippen LogP contribution in [-0.4, -0.2) is 55.3 Å². The number of hydrazone groups is 1. The molecule has 4 amide bonds. The molecule has 0 aromatic heterocycles. The number of benzene rings is 1. The lowest BCUT2D eigenvalue weighted by molar-refractivity contribution is -0.130. The Bertz CT molecular complexity index is 745. The predicted octanol–water partition coefficient (Wildman–Crippen LogP) is 0.874. The summed E-state index contributed by atoms with van der Waals surface area (Å²) in [5, 5.41) is 6.41. The minimum Gasteiger partial charge on any atom is -0.493 e. The molecule has 1 heterocycles. The molecule has 0 spiro atoms. The van der Waals surface area contributed by atoms with Crippen LogP contribution in [0, 0.1) is 0 Å². The number of amides is 4. The van der Waals surface area contributed by atoms with Gasteiger partial charge in [-0.25, -0.2) is 10.2 Å². The summed E-state index contributed by atoms with van der Waals surface area (Å²) in [6.07, 6.45) is 1.41. The third-order valence-corrected chi connectivity index (χ3v) is 3.82. The Morgan fingerprint density at radius 1 is 1.27 bits per heavy atom. The van der Waals surface area contributed by atoms with Crippen molar-refractivity contribution in [3.05, 3.63) is 23.8 Å². The third kappa shape index (κ3) is 4.29. The van der Waals surface area contributed by atoms with Gasteiger partial charge in [0, 0.05) is 13.0 Å². The molecule has 0 aliphatic carbocycles. The van der Waals surface area contributed by atoms with Crippen molar-refractivity contribution in [2.24, 2.45) is 5.10 Å². The van der Waals surface area contributed by atoms with Crippen LogP contribution in [0.1, 0.15) is 25.8 Å². The number of ether oxygens (including phenoxy) is 2. The Balaban J connectivity index is 1.86. The number of methoxy groups -OCH3 is 2. The molecule has 1 aliphatic rings. The molecule has 9 nitrogen and oxygen atoms in total. The summed E-state index contributed by atoms with van der Waals surface area (Å²) < 4.78 is 10.3. The van der Waals surface area contributed by atoms with Crippen LogP contribution in [0.2, 0.25) is 0 Å². The zero-order chi connectivity index (χ0) is 19.3. The molecule has 0 atom stereocenters. The van der Waals surface area contributed by atoms with Crippen molar-refractivity contribution >= 4 is 24.1 Å². The van der Waals surface area contributed by atoms with E-state index in [-0.39, 0.29) is 18.9 Å². The van der Waals surface area contributed by atoms with Gasteiger partial charge in [-0.2, -0.15) is 5.10 Å². The Morgan fingerprint density at radius 3 is 2.54 bits per heavy atom. The van der Waals surface area contributed by atoms with Gasteiger partial charge in [0.05, 0.1) is 20.4 Å². The number of carbonyl (C=O) groups excluding carboxylic acids is 3. The van der Waals surface area contributed by atoms with E-state index in [1.165, 1.54) is 13.3 Å². The van der Waals surface area contributed by atoms with Crippen LogP contribution < -0.4 is 20.2 Å². The van der Waals surface area contributed by atoms with E-state index in [0.717, 1.165) is 4.90 Å². The predicted molar refractivity (Wildman–Crippen MR) is 94.2 cm³/mol. The Hall–Kier alpha value is -3.10. The van der Waals surface area contributed by atoms with E-state index in [1.807, 2.05) is 0 Å². The van der Waals surface area contributed by atoms with E-state index < -0.39 is 17.5 Å². The largest absolute Gasteiger partial charge is 0.493 e. The first-order valence-corrected chi connectivity index (χ1v) is 7.96. The van der Waals surface area contributed by atoms with Gasteiger partial charge in [0.25, 0.3) is 5.91 Å². The minimum atomic E-state index is -0.945. The molecule has 1 saturated heterocycles. The van der Waals surface area contributed by atoms with Gasteiger partial charge in [-0.15, -0.1) is 0 Å². The number of nitrogens with zero attached hydrogens (tertiary/aromatic N) is 2. The van der Waals surface area contributed by atoms with E-state index in [1.54, 1.807) is 39.2 Å². The molecule has 0 saturated carbocycles. The van der Waals surface area contributed by atoms with E-state index in [9.17, 15) is 14.4 Å². The average molecular weight is 362 g/mol. The van der Waals surface area contributed by atoms with E-state index in [0.29, 0.717) is 17.1 Å². The molecule has 2 N–H and O–H groups in total. The Kier molecular flexibility index (Phi) is 5.81. The maximum atomic E-state index is 12.0. The summed E-state index contributed by atoms with van der Waals surface area (Å²) >= 11 is 0. The second-order valence-corrected chi connectivity index (χ2v) is 6.17. The van der Waals surface area contributed by atoms with Crippen LogP contribution in [0.15, 0.2) is 23.3 Å². The Labute approximate surface area is 151 Å². The van der Waals surface area contributed by atoms with Gasteiger partial charge in [0.2, 0.25) is 5.91 Å². The number of urea groups is 1. The first-order chi connectivity index (χ1) is 12.3. The topological polar surface area (TPSA) is 109 Å². The van der Waals surface area contributed by atoms with Gasteiger partial charge >= 0.3 is 6.03 Å². The summed E-state index contributed by atoms with van der Waals surface area (Å²) in [4.78, 5) is 36.6. The van der Waals surface area contributed by atoms with E-state index in [4.69, 9.17) is 9.47 Å². The molecule has 0 unspecified atom stereocenters. The standard InChI is InChI=1S/C17H22N4O5/c1-17(2)15(23)21(16(24)19-17)8-7-14(22)20-18-10-11-5-6-12(25-3)13(9-11)26-4/h5-6,9-10H,7-8H2,1-4H3,(H,19,24)(H,20,22)/b18-10-. The molecule has 1 aromatic carbocycles. The molecule has 0 radical (unpaired) electrons. The summed E-state index contributed by atoms with van der Waals surface area (Å²) in [5.41, 5.74) is 2.12. The maximum absolute atomic E-state index is 12.0. The normalized spacial score (nSPS) is 15.9. The summed E-state index contributed by atoms with van der Waals surface area (Å²) in [6, 6.07) is 4.69. The fourth-order valence-corrected chi connectivity index (χ4v) is 2.40. The highest BCUT2D eigenvalue weighted by atomic mass is 16.5. The molecule has 2 rings (SSSR count). The molecule has 0 bridgehead atoms. The quantitative estimate of drug-likeness (QED) is 0.425. The number of imide groups is 1. The number of nitrogens with one attached hydrogen (secondary N) is 2. The van der Waals surface area contributed by atoms with Crippen LogP contribution in [-0.2, 0) is 9.59 Å². The van der Waals surface area contributed by atoms with Crippen LogP contribution in [0.3, 0.4) is 0 Å². The minimum absolute atomic E-state index is 0.00813. The van der Waals surface area contributed by atoms with E-state index in [2.05, 4.69) is 15.8 Å². The van der Waals surface area contributed by atoms with Crippen molar-refractivity contribution in [3.63, 3.8) is 0 Å². The van der Waals surface area contributed by atoms with Gasteiger partial charge in [0.1, 0.15) is 5.54 Å². The summed E-state index contributed by atoms with van der Waals surface area (Å²) in [6.45, 7) is 3.22. The zero-order valence-corrected chi connectivity index (χ0v) is 15.2. The monoisotopic (exact) mass is 362 g/mol. The summed E-state index contributed by atoms with van der Waals surface area (Å²) in [5.74, 6) is 0.366. The molecule has 1 fully saturated rings. The van der Waals surface area contributed by atoms with Crippen molar-refractivity contribution in [2.75, 3.05) is 20.8 Å². The number of hydrogen-bond acceptors (Lipinski definition) is 6. The lowest BCUT2D eigenvalue weighted by atomic mass is 10.1. The smallest absolute Gasteiger partial charge is 0.325 e. The Morgan fingerprint density at radius 2 is 1.96 bits per heavy atom. The van der Waals surface area contributed by atoms with Gasteiger partial charge in [-0.1, -0.05) is 0 Å². The first-order valence-electron chi connectivity index (χ1n) is 7.96. The molecule has 9 heteroatoms. The van der Waals surface area contributed by atoms with Crippen LogP contribution >= 0.6 is 0 Å². The highest BCUT2D eigenvalue weighted by Crippen LogP contribution is 2.26. The molecule has 26 heavy (non-hydrogen) atoms. The van der Waals surface area contributed by atoms with Crippen molar-refractivity contribution in [1.29, 1.82) is 0 Å². The second kappa shape index (κ2) is 7.85. The van der Waals surface area contributed by atoms with Gasteiger partial charge in [-0.3, -0.25) is 14.5 Å². The van der Waals surface area contributed by atoms with Crippen molar-refractivity contribution in [3.8, 4) is 11.5 Å². The van der Waals surface area contributed by atoms with Gasteiger partial charge < -0.3 is 14.8 Å². The fraction of sp³-hybridized carbons (Fsp3) is 0.412. The first kappa shape index (κ1) is 19.2. The van der Waals surface area contributed by atoms with Crippen molar-refractivity contribution in [1.82, 2.24) is 15.6 Å². The van der Waals surface area contributed by atoms with E-state index >= 15 is 0 Å². The highest BCUT2D eigenvalue weighted by Gasteiger charge is 2.43. The fourth-order valence-electron chi connectivity index (χ4n) is 2.40. The average Bonchev–Trinajstić information content (AvgIpc) is 2.80. The third-order valence-electron chi connectivity index (χ3n) is 3.82. The molecule has 1 aromatic rings.